The highest BCUT2D eigenvalue weighted by Gasteiger charge is 2.20. The van der Waals surface area contributed by atoms with Gasteiger partial charge in [0.25, 0.3) is 0 Å². The molecule has 0 aliphatic heterocycles. The lowest BCUT2D eigenvalue weighted by atomic mass is 10.0. The van der Waals surface area contributed by atoms with Gasteiger partial charge in [0, 0.05) is 6.42 Å². The van der Waals surface area contributed by atoms with Crippen molar-refractivity contribution in [3.8, 4) is 0 Å². The van der Waals surface area contributed by atoms with Gasteiger partial charge in [-0.2, -0.15) is 0 Å². The average molecular weight is 792 g/mol. The Bertz CT molecular complexity index is 729. The van der Waals surface area contributed by atoms with E-state index in [4.69, 9.17) is 0 Å². The van der Waals surface area contributed by atoms with Crippen molar-refractivity contribution in [3.05, 3.63) is 0 Å². The summed E-state index contributed by atoms with van der Waals surface area (Å²) in [5, 5.41) is 23.3. The Labute approximate surface area is 353 Å². The summed E-state index contributed by atoms with van der Waals surface area (Å²) in [5.41, 5.74) is 0. The number of unbranched alkanes of at least 4 members (excludes halogenated alkanes) is 42. The topological polar surface area (TPSA) is 69.6 Å². The number of nitrogens with one attached hydrogen (secondary N) is 1. The van der Waals surface area contributed by atoms with E-state index < -0.39 is 12.1 Å². The lowest BCUT2D eigenvalue weighted by molar-refractivity contribution is -0.123. The van der Waals surface area contributed by atoms with Crippen LogP contribution in [0, 0.1) is 0 Å². The van der Waals surface area contributed by atoms with Crippen LogP contribution in [0.4, 0.5) is 0 Å². The summed E-state index contributed by atoms with van der Waals surface area (Å²) in [6.45, 7) is 4.39. The molecule has 0 radical (unpaired) electrons. The van der Waals surface area contributed by atoms with Gasteiger partial charge in [-0.1, -0.05) is 290 Å². The molecule has 0 saturated carbocycles. The molecule has 56 heavy (non-hydrogen) atoms. The molecule has 0 spiro atoms. The number of hydrogen-bond acceptors (Lipinski definition) is 3. The maximum atomic E-state index is 12.4. The molecule has 0 aromatic rings. The highest BCUT2D eigenvalue weighted by molar-refractivity contribution is 5.76. The molecule has 336 valence electrons. The number of carbonyl (C=O) groups is 1. The minimum Gasteiger partial charge on any atom is -0.394 e. The molecule has 0 saturated heterocycles. The maximum Gasteiger partial charge on any atom is 0.220 e. The molecule has 0 aromatic heterocycles. The fourth-order valence-electron chi connectivity index (χ4n) is 8.60. The van der Waals surface area contributed by atoms with Crippen molar-refractivity contribution in [3.63, 3.8) is 0 Å². The van der Waals surface area contributed by atoms with Crippen LogP contribution >= 0.6 is 0 Å². The van der Waals surface area contributed by atoms with Gasteiger partial charge < -0.3 is 15.5 Å². The first kappa shape index (κ1) is 55.4. The summed E-state index contributed by atoms with van der Waals surface area (Å²) in [4.78, 5) is 12.4. The third-order valence-corrected chi connectivity index (χ3v) is 12.6. The zero-order chi connectivity index (χ0) is 40.7. The van der Waals surface area contributed by atoms with E-state index in [1.807, 2.05) is 0 Å². The summed E-state index contributed by atoms with van der Waals surface area (Å²) in [5.74, 6) is -0.0247. The van der Waals surface area contributed by atoms with Crippen LogP contribution in [0.5, 0.6) is 0 Å². The smallest absolute Gasteiger partial charge is 0.220 e. The van der Waals surface area contributed by atoms with Gasteiger partial charge in [0.2, 0.25) is 5.91 Å². The Morgan fingerprint density at radius 2 is 0.571 bits per heavy atom. The highest BCUT2D eigenvalue weighted by Crippen LogP contribution is 2.18. The Hall–Kier alpha value is -0.610. The molecular weight excluding hydrogens is 687 g/mol. The first-order chi connectivity index (χ1) is 27.7. The van der Waals surface area contributed by atoms with Crippen LogP contribution in [0.15, 0.2) is 0 Å². The monoisotopic (exact) mass is 792 g/mol. The largest absolute Gasteiger partial charge is 0.394 e. The first-order valence-corrected chi connectivity index (χ1v) is 26.2. The second-order valence-corrected chi connectivity index (χ2v) is 18.3. The fraction of sp³-hybridized carbons (Fsp3) is 0.981. The van der Waals surface area contributed by atoms with Gasteiger partial charge in [0.05, 0.1) is 18.8 Å². The molecule has 0 aliphatic rings. The molecule has 0 aliphatic carbocycles. The third kappa shape index (κ3) is 44.5. The number of amides is 1. The molecule has 0 fully saturated rings. The predicted octanol–water partition coefficient (Wildman–Crippen LogP) is 16.8. The van der Waals surface area contributed by atoms with Crippen molar-refractivity contribution < 1.29 is 15.0 Å². The van der Waals surface area contributed by atoms with Crippen molar-refractivity contribution in [1.82, 2.24) is 5.32 Å². The van der Waals surface area contributed by atoms with Gasteiger partial charge in [-0.3, -0.25) is 4.79 Å². The summed E-state index contributed by atoms with van der Waals surface area (Å²) in [7, 11) is 0. The van der Waals surface area contributed by atoms with Crippen molar-refractivity contribution in [2.24, 2.45) is 0 Å². The van der Waals surface area contributed by atoms with E-state index in [9.17, 15) is 15.0 Å². The second kappa shape index (κ2) is 48.8. The molecule has 2 atom stereocenters. The predicted molar refractivity (Wildman–Crippen MR) is 249 cm³/mol. The van der Waals surface area contributed by atoms with Gasteiger partial charge in [-0.25, -0.2) is 0 Å². The highest BCUT2D eigenvalue weighted by atomic mass is 16.3. The van der Waals surface area contributed by atoms with E-state index >= 15 is 0 Å². The van der Waals surface area contributed by atoms with Gasteiger partial charge in [-0.15, -0.1) is 0 Å². The molecule has 3 N–H and O–H groups in total. The number of hydrogen-bond donors (Lipinski definition) is 3. The van der Waals surface area contributed by atoms with E-state index in [2.05, 4.69) is 19.2 Å². The third-order valence-electron chi connectivity index (χ3n) is 12.6. The van der Waals surface area contributed by atoms with E-state index in [-0.39, 0.29) is 12.5 Å². The minimum absolute atomic E-state index is 0.0247. The molecular formula is C52H105NO3. The minimum atomic E-state index is -0.654. The summed E-state index contributed by atoms with van der Waals surface area (Å²) in [6, 6.07) is -0.530. The number of carbonyl (C=O) groups excluding carboxylic acids is 1. The van der Waals surface area contributed by atoms with Crippen LogP contribution in [0.3, 0.4) is 0 Å². The number of aliphatic hydroxyl groups excluding tert-OH is 2. The van der Waals surface area contributed by atoms with Crippen molar-refractivity contribution in [2.45, 2.75) is 321 Å². The maximum absolute atomic E-state index is 12.4. The van der Waals surface area contributed by atoms with Crippen LogP contribution in [0.1, 0.15) is 309 Å². The van der Waals surface area contributed by atoms with Gasteiger partial charge >= 0.3 is 0 Å². The summed E-state index contributed by atoms with van der Waals surface area (Å²) in [6.07, 6.45) is 60.8. The van der Waals surface area contributed by atoms with Crippen LogP contribution in [-0.2, 0) is 4.79 Å². The SMILES string of the molecule is CCCCCCCCCCCCCCCCCCCCCCCCCCCCCCCC(O)C(CO)NC(=O)CCCCCCCCCCCCCCCCC. The van der Waals surface area contributed by atoms with Crippen molar-refractivity contribution in [1.29, 1.82) is 0 Å². The summed E-state index contributed by atoms with van der Waals surface area (Å²) >= 11 is 0. The number of rotatable bonds is 49. The second-order valence-electron chi connectivity index (χ2n) is 18.3. The van der Waals surface area contributed by atoms with E-state index in [0.29, 0.717) is 12.8 Å². The van der Waals surface area contributed by atoms with Crippen LogP contribution < -0.4 is 5.32 Å². The number of aliphatic hydroxyl groups is 2. The Kier molecular flexibility index (Phi) is 48.2. The molecule has 2 unspecified atom stereocenters. The quantitative estimate of drug-likeness (QED) is 0.0538. The standard InChI is InChI=1S/C52H105NO3/c1-3-5-7-9-11-13-15-17-19-20-21-22-23-24-25-26-27-28-29-30-31-32-34-35-37-39-41-43-45-47-51(55)50(49-54)53-52(56)48-46-44-42-40-38-36-33-18-16-14-12-10-8-6-4-2/h50-51,54-55H,3-49H2,1-2H3,(H,53,56). The lowest BCUT2D eigenvalue weighted by Crippen LogP contribution is -2.45. The molecule has 0 rings (SSSR count). The first-order valence-electron chi connectivity index (χ1n) is 26.2. The van der Waals surface area contributed by atoms with Crippen LogP contribution in [0.2, 0.25) is 0 Å². The Balaban J connectivity index is 3.38. The van der Waals surface area contributed by atoms with Crippen molar-refractivity contribution in [2.75, 3.05) is 6.61 Å². The molecule has 0 bridgehead atoms. The molecule has 0 heterocycles. The van der Waals surface area contributed by atoms with E-state index in [1.165, 1.54) is 257 Å². The van der Waals surface area contributed by atoms with Crippen LogP contribution in [0.25, 0.3) is 0 Å². The normalized spacial score (nSPS) is 12.7. The molecule has 4 heteroatoms. The van der Waals surface area contributed by atoms with E-state index in [1.54, 1.807) is 0 Å². The Morgan fingerprint density at radius 3 is 0.804 bits per heavy atom. The summed E-state index contributed by atoms with van der Waals surface area (Å²) < 4.78 is 0. The lowest BCUT2D eigenvalue weighted by Gasteiger charge is -2.22. The van der Waals surface area contributed by atoms with E-state index in [0.717, 1.165) is 25.7 Å². The van der Waals surface area contributed by atoms with Gasteiger partial charge in [0.1, 0.15) is 0 Å². The average Bonchev–Trinajstić information content (AvgIpc) is 3.20. The fourth-order valence-corrected chi connectivity index (χ4v) is 8.60. The van der Waals surface area contributed by atoms with Gasteiger partial charge in [-0.05, 0) is 12.8 Å². The zero-order valence-corrected chi connectivity index (χ0v) is 38.7. The van der Waals surface area contributed by atoms with Crippen LogP contribution in [-0.4, -0.2) is 34.9 Å². The van der Waals surface area contributed by atoms with Crippen molar-refractivity contribution >= 4 is 5.91 Å². The molecule has 0 aromatic carbocycles. The zero-order valence-electron chi connectivity index (χ0n) is 38.7. The molecule has 4 nitrogen and oxygen atoms in total. The van der Waals surface area contributed by atoms with Gasteiger partial charge in [0.15, 0.2) is 0 Å². The Morgan fingerprint density at radius 1 is 0.357 bits per heavy atom. The molecule has 1 amide bonds.